The van der Waals surface area contributed by atoms with E-state index in [4.69, 9.17) is 5.11 Å². The lowest BCUT2D eigenvalue weighted by Crippen LogP contribution is -2.18. The normalized spacial score (nSPS) is 35.4. The minimum absolute atomic E-state index is 0.769. The molecule has 0 aliphatic heterocycles. The van der Waals surface area contributed by atoms with E-state index in [1.54, 1.807) is 13.8 Å². The fourth-order valence-electron chi connectivity index (χ4n) is 2.40. The lowest BCUT2D eigenvalue weighted by atomic mass is 9.94. The maximum Gasteiger partial charge on any atom is 0.389 e. The minimum Gasteiger partial charge on any atom is -0.481 e. The predicted octanol–water partition coefficient (Wildman–Crippen LogP) is 2.69. The van der Waals surface area contributed by atoms with E-state index >= 15 is 0 Å². The van der Waals surface area contributed by atoms with Crippen LogP contribution in [-0.2, 0) is 4.79 Å². The highest BCUT2D eigenvalue weighted by Gasteiger charge is 2.73. The maximum absolute atomic E-state index is 12.2. The standard InChI is InChI=1S/C9H13F3O2/c1-7(2)5(6(13)14)8(7,3)4-9(10,11)12/h5H,4H2,1-3H3,(H,13,14). The van der Waals surface area contributed by atoms with Gasteiger partial charge in [-0.3, -0.25) is 4.79 Å². The van der Waals surface area contributed by atoms with E-state index in [0.717, 1.165) is 0 Å². The van der Waals surface area contributed by atoms with Crippen LogP contribution in [0.4, 0.5) is 13.2 Å². The van der Waals surface area contributed by atoms with Crippen LogP contribution in [0.3, 0.4) is 0 Å². The van der Waals surface area contributed by atoms with Gasteiger partial charge < -0.3 is 5.11 Å². The summed E-state index contributed by atoms with van der Waals surface area (Å²) in [7, 11) is 0. The summed E-state index contributed by atoms with van der Waals surface area (Å²) in [6.45, 7) is 4.52. The van der Waals surface area contributed by atoms with Crippen molar-refractivity contribution in [3.05, 3.63) is 0 Å². The van der Waals surface area contributed by atoms with Crippen LogP contribution in [0, 0.1) is 16.7 Å². The van der Waals surface area contributed by atoms with Gasteiger partial charge in [0.05, 0.1) is 12.3 Å². The first-order valence-electron chi connectivity index (χ1n) is 4.32. The number of hydrogen-bond acceptors (Lipinski definition) is 1. The van der Waals surface area contributed by atoms with Crippen LogP contribution in [0.25, 0.3) is 0 Å². The zero-order valence-electron chi connectivity index (χ0n) is 8.27. The molecule has 2 nitrogen and oxygen atoms in total. The lowest BCUT2D eigenvalue weighted by Gasteiger charge is -2.16. The average Bonchev–Trinajstić information content (AvgIpc) is 2.18. The number of alkyl halides is 3. The maximum atomic E-state index is 12.2. The second-order valence-corrected chi connectivity index (χ2v) is 4.70. The van der Waals surface area contributed by atoms with Crippen LogP contribution in [0.15, 0.2) is 0 Å². The molecule has 82 valence electrons. The summed E-state index contributed by atoms with van der Waals surface area (Å²) in [5.74, 6) is -2.03. The topological polar surface area (TPSA) is 37.3 Å². The molecule has 14 heavy (non-hydrogen) atoms. The molecule has 0 spiro atoms. The molecule has 5 heteroatoms. The van der Waals surface area contributed by atoms with E-state index in [-0.39, 0.29) is 0 Å². The number of carboxylic acids is 1. The smallest absolute Gasteiger partial charge is 0.389 e. The quantitative estimate of drug-likeness (QED) is 0.760. The average molecular weight is 210 g/mol. The fourth-order valence-corrected chi connectivity index (χ4v) is 2.40. The van der Waals surface area contributed by atoms with Crippen LogP contribution in [0.1, 0.15) is 27.2 Å². The van der Waals surface area contributed by atoms with E-state index in [1.165, 1.54) is 6.92 Å². The Kier molecular flexibility index (Phi) is 2.14. The first-order valence-corrected chi connectivity index (χ1v) is 4.32. The molecule has 0 saturated heterocycles. The Hall–Kier alpha value is -0.740. The van der Waals surface area contributed by atoms with Gasteiger partial charge in [-0.25, -0.2) is 0 Å². The van der Waals surface area contributed by atoms with Gasteiger partial charge in [0, 0.05) is 0 Å². The third-order valence-corrected chi connectivity index (χ3v) is 3.56. The Balaban J connectivity index is 2.84. The summed E-state index contributed by atoms with van der Waals surface area (Å²) in [6.07, 6.45) is -5.32. The molecule has 0 radical (unpaired) electrons. The molecule has 1 aliphatic carbocycles. The van der Waals surface area contributed by atoms with Crippen LogP contribution in [0.5, 0.6) is 0 Å². The van der Waals surface area contributed by atoms with Crippen molar-refractivity contribution in [1.82, 2.24) is 0 Å². The molecule has 2 atom stereocenters. The van der Waals surface area contributed by atoms with Gasteiger partial charge in [-0.2, -0.15) is 13.2 Å². The molecule has 0 bridgehead atoms. The molecule has 0 aromatic rings. The van der Waals surface area contributed by atoms with Gasteiger partial charge in [0.25, 0.3) is 0 Å². The number of halogens is 3. The third kappa shape index (κ3) is 1.48. The lowest BCUT2D eigenvalue weighted by molar-refractivity contribution is -0.152. The summed E-state index contributed by atoms with van der Waals surface area (Å²) >= 11 is 0. The highest BCUT2D eigenvalue weighted by molar-refractivity contribution is 5.76. The van der Waals surface area contributed by atoms with Crippen LogP contribution in [-0.4, -0.2) is 17.3 Å². The first kappa shape index (κ1) is 11.3. The molecule has 0 heterocycles. The molecule has 1 N–H and O–H groups in total. The second kappa shape index (κ2) is 2.64. The number of carboxylic acid groups (broad SMARTS) is 1. The van der Waals surface area contributed by atoms with Crippen molar-refractivity contribution < 1.29 is 23.1 Å². The van der Waals surface area contributed by atoms with Crippen molar-refractivity contribution in [2.24, 2.45) is 16.7 Å². The van der Waals surface area contributed by atoms with Gasteiger partial charge in [0.15, 0.2) is 0 Å². The van der Waals surface area contributed by atoms with Gasteiger partial charge in [-0.1, -0.05) is 20.8 Å². The van der Waals surface area contributed by atoms with Crippen molar-refractivity contribution in [2.75, 3.05) is 0 Å². The van der Waals surface area contributed by atoms with Crippen molar-refractivity contribution in [3.8, 4) is 0 Å². The molecule has 0 aromatic heterocycles. The highest BCUT2D eigenvalue weighted by atomic mass is 19.4. The van der Waals surface area contributed by atoms with E-state index in [1.807, 2.05) is 0 Å². The van der Waals surface area contributed by atoms with Gasteiger partial charge in [0.1, 0.15) is 0 Å². The first-order chi connectivity index (χ1) is 6.02. The summed E-state index contributed by atoms with van der Waals surface area (Å²) in [5.41, 5.74) is -1.93. The largest absolute Gasteiger partial charge is 0.481 e. The molecule has 0 amide bonds. The monoisotopic (exact) mass is 210 g/mol. The van der Waals surface area contributed by atoms with Gasteiger partial charge in [-0.05, 0) is 10.8 Å². The number of rotatable bonds is 2. The SMILES string of the molecule is CC1(C)C(C(=O)O)C1(C)CC(F)(F)F. The summed E-state index contributed by atoms with van der Waals surface area (Å²) in [4.78, 5) is 10.7. The molecule has 2 unspecified atom stereocenters. The summed E-state index contributed by atoms with van der Waals surface area (Å²) in [5, 5.41) is 8.75. The Bertz CT molecular complexity index is 270. The Morgan fingerprint density at radius 1 is 1.36 bits per heavy atom. The molecule has 0 aromatic carbocycles. The Labute approximate surface area is 80.1 Å². The molecular weight excluding hydrogens is 197 g/mol. The van der Waals surface area contributed by atoms with Crippen LogP contribution in [0.2, 0.25) is 0 Å². The molecular formula is C9H13F3O2. The zero-order chi connectivity index (χ0) is 11.4. The highest BCUT2D eigenvalue weighted by Crippen LogP contribution is 2.72. The van der Waals surface area contributed by atoms with Gasteiger partial charge in [0.2, 0.25) is 0 Å². The van der Waals surface area contributed by atoms with Crippen molar-refractivity contribution in [2.45, 2.75) is 33.4 Å². The van der Waals surface area contributed by atoms with Crippen molar-refractivity contribution >= 4 is 5.97 Å². The number of hydrogen-bond donors (Lipinski definition) is 1. The number of aliphatic carboxylic acids is 1. The van der Waals surface area contributed by atoms with Crippen LogP contribution < -0.4 is 0 Å². The van der Waals surface area contributed by atoms with E-state index in [9.17, 15) is 18.0 Å². The molecule has 1 aliphatic rings. The van der Waals surface area contributed by atoms with Gasteiger partial charge in [-0.15, -0.1) is 0 Å². The predicted molar refractivity (Wildman–Crippen MR) is 43.7 cm³/mol. The summed E-state index contributed by atoms with van der Waals surface area (Å²) in [6, 6.07) is 0. The second-order valence-electron chi connectivity index (χ2n) is 4.70. The molecule has 1 fully saturated rings. The van der Waals surface area contributed by atoms with E-state index in [0.29, 0.717) is 0 Å². The fraction of sp³-hybridized carbons (Fsp3) is 0.889. The molecule has 1 saturated carbocycles. The van der Waals surface area contributed by atoms with Crippen molar-refractivity contribution in [1.29, 1.82) is 0 Å². The molecule has 1 rings (SSSR count). The van der Waals surface area contributed by atoms with Crippen LogP contribution >= 0.6 is 0 Å². The summed E-state index contributed by atoms with van der Waals surface area (Å²) < 4.78 is 36.5. The van der Waals surface area contributed by atoms with E-state index in [2.05, 4.69) is 0 Å². The zero-order valence-corrected chi connectivity index (χ0v) is 8.27. The number of carbonyl (C=O) groups is 1. The van der Waals surface area contributed by atoms with E-state index < -0.39 is 35.3 Å². The minimum atomic E-state index is -4.30. The van der Waals surface area contributed by atoms with Gasteiger partial charge >= 0.3 is 12.1 Å². The third-order valence-electron chi connectivity index (χ3n) is 3.56. The Morgan fingerprint density at radius 2 is 1.79 bits per heavy atom. The Morgan fingerprint density at radius 3 is 2.00 bits per heavy atom. The van der Waals surface area contributed by atoms with Crippen molar-refractivity contribution in [3.63, 3.8) is 0 Å².